The first-order valence-corrected chi connectivity index (χ1v) is 6.25. The number of halogens is 2. The van der Waals surface area contributed by atoms with Crippen molar-refractivity contribution in [3.8, 4) is 0 Å². The van der Waals surface area contributed by atoms with Crippen LogP contribution in [0.4, 0.5) is 4.39 Å². The average molecular weight is 286 g/mol. The molecule has 12 heavy (non-hydrogen) atoms. The largest absolute Gasteiger partial charge is 0.246 e. The van der Waals surface area contributed by atoms with Crippen LogP contribution in [0.2, 0.25) is 0 Å². The van der Waals surface area contributed by atoms with Gasteiger partial charge in [-0.15, -0.1) is 0 Å². The van der Waals surface area contributed by atoms with Crippen LogP contribution >= 0.6 is 22.6 Å². The Labute approximate surface area is 89.5 Å². The van der Waals surface area contributed by atoms with Gasteiger partial charge >= 0.3 is 0 Å². The summed E-state index contributed by atoms with van der Waals surface area (Å²) in [6, 6.07) is 0. The number of hydrogen-bond donors (Lipinski definition) is 0. The van der Waals surface area contributed by atoms with Crippen molar-refractivity contribution in [1.29, 1.82) is 0 Å². The Morgan fingerprint density at radius 1 is 1.08 bits per heavy atom. The third-order valence-corrected chi connectivity index (χ3v) is 3.46. The maximum Gasteiger partial charge on any atom is 0.112 e. The molecule has 0 heterocycles. The summed E-state index contributed by atoms with van der Waals surface area (Å²) in [5.41, 5.74) is 0. The predicted molar refractivity (Wildman–Crippen MR) is 61.8 cm³/mol. The van der Waals surface area contributed by atoms with Crippen molar-refractivity contribution in [2.24, 2.45) is 0 Å². The summed E-state index contributed by atoms with van der Waals surface area (Å²) < 4.78 is 13.5. The van der Waals surface area contributed by atoms with Crippen LogP contribution in [0.15, 0.2) is 0 Å². The van der Waals surface area contributed by atoms with Gasteiger partial charge in [-0.1, -0.05) is 62.1 Å². The molecule has 0 saturated heterocycles. The highest BCUT2D eigenvalue weighted by Crippen LogP contribution is 2.21. The van der Waals surface area contributed by atoms with Gasteiger partial charge in [0, 0.05) is 3.92 Å². The van der Waals surface area contributed by atoms with Crippen molar-refractivity contribution in [2.75, 3.05) is 0 Å². The van der Waals surface area contributed by atoms with Gasteiger partial charge in [0.05, 0.1) is 0 Å². The van der Waals surface area contributed by atoms with Crippen molar-refractivity contribution in [3.05, 3.63) is 0 Å². The van der Waals surface area contributed by atoms with Crippen molar-refractivity contribution in [2.45, 2.75) is 62.5 Å². The monoisotopic (exact) mass is 286 g/mol. The molecule has 0 fully saturated rings. The highest BCUT2D eigenvalue weighted by atomic mass is 127. The van der Waals surface area contributed by atoms with Gasteiger partial charge in [-0.3, -0.25) is 0 Å². The second-order valence-corrected chi connectivity index (χ2v) is 4.92. The van der Waals surface area contributed by atoms with Crippen LogP contribution in [0, 0.1) is 0 Å². The molecule has 0 aromatic heterocycles. The van der Waals surface area contributed by atoms with Crippen LogP contribution in [0.1, 0.15) is 52.4 Å². The van der Waals surface area contributed by atoms with E-state index in [-0.39, 0.29) is 3.92 Å². The van der Waals surface area contributed by atoms with Crippen molar-refractivity contribution >= 4 is 22.6 Å². The van der Waals surface area contributed by atoms with E-state index in [4.69, 9.17) is 0 Å². The third kappa shape index (κ3) is 6.21. The topological polar surface area (TPSA) is 0 Å². The van der Waals surface area contributed by atoms with E-state index >= 15 is 0 Å². The zero-order valence-corrected chi connectivity index (χ0v) is 10.3. The molecule has 2 atom stereocenters. The smallest absolute Gasteiger partial charge is 0.112 e. The lowest BCUT2D eigenvalue weighted by atomic mass is 10.1. The number of alkyl halides is 2. The minimum Gasteiger partial charge on any atom is -0.246 e. The first-order chi connectivity index (χ1) is 5.72. The molecule has 0 aliphatic carbocycles. The molecule has 0 amide bonds. The number of hydrogen-bond acceptors (Lipinski definition) is 0. The molecule has 0 rings (SSSR count). The lowest BCUT2D eigenvalue weighted by molar-refractivity contribution is 0.297. The molecule has 0 aromatic carbocycles. The fraction of sp³-hybridized carbons (Fsp3) is 1.00. The van der Waals surface area contributed by atoms with Crippen molar-refractivity contribution in [3.63, 3.8) is 0 Å². The molecule has 0 aromatic rings. The lowest BCUT2D eigenvalue weighted by Crippen LogP contribution is -2.15. The molecule has 0 radical (unpaired) electrons. The SMILES string of the molecule is CCCC[C@@H](F)[C@H](I)CCCC. The van der Waals surface area contributed by atoms with Gasteiger partial charge in [0.1, 0.15) is 6.17 Å². The summed E-state index contributed by atoms with van der Waals surface area (Å²) >= 11 is 2.26. The molecule has 0 nitrogen and oxygen atoms in total. The van der Waals surface area contributed by atoms with Crippen LogP contribution in [0.25, 0.3) is 0 Å². The first kappa shape index (κ1) is 12.7. The second kappa shape index (κ2) is 8.27. The summed E-state index contributed by atoms with van der Waals surface area (Å²) in [4.78, 5) is 0. The van der Waals surface area contributed by atoms with E-state index in [0.717, 1.165) is 25.7 Å². The molecular formula is C10H20FI. The van der Waals surface area contributed by atoms with E-state index in [1.165, 1.54) is 12.8 Å². The Hall–Kier alpha value is 0.660. The summed E-state index contributed by atoms with van der Waals surface area (Å²) in [5, 5.41) is 0. The highest BCUT2D eigenvalue weighted by Gasteiger charge is 2.15. The van der Waals surface area contributed by atoms with Gasteiger partial charge in [-0.2, -0.15) is 0 Å². The van der Waals surface area contributed by atoms with Crippen LogP contribution in [-0.2, 0) is 0 Å². The van der Waals surface area contributed by atoms with Crippen LogP contribution in [0.3, 0.4) is 0 Å². The van der Waals surface area contributed by atoms with Gasteiger partial charge in [0.2, 0.25) is 0 Å². The van der Waals surface area contributed by atoms with E-state index in [2.05, 4.69) is 36.4 Å². The summed E-state index contributed by atoms with van der Waals surface area (Å²) in [6.45, 7) is 4.27. The molecule has 0 spiro atoms. The molecule has 2 heteroatoms. The predicted octanol–water partition coefficient (Wildman–Crippen LogP) is 4.51. The quantitative estimate of drug-likeness (QED) is 0.477. The average Bonchev–Trinajstić information content (AvgIpc) is 2.10. The van der Waals surface area contributed by atoms with Gasteiger partial charge in [-0.25, -0.2) is 4.39 Å². The maximum absolute atomic E-state index is 13.3. The Kier molecular flexibility index (Phi) is 8.72. The maximum atomic E-state index is 13.3. The Morgan fingerprint density at radius 2 is 1.58 bits per heavy atom. The lowest BCUT2D eigenvalue weighted by Gasteiger charge is -2.13. The molecular weight excluding hydrogens is 266 g/mol. The number of rotatable bonds is 7. The van der Waals surface area contributed by atoms with Crippen LogP contribution in [0.5, 0.6) is 0 Å². The van der Waals surface area contributed by atoms with E-state index in [1.807, 2.05) is 0 Å². The standard InChI is InChI=1S/C10H20FI/c1-3-5-7-9(11)10(12)8-6-4-2/h9-10H,3-8H2,1-2H3/t9-,10-/m1/s1. The molecule has 0 aliphatic heterocycles. The second-order valence-electron chi connectivity index (χ2n) is 3.32. The van der Waals surface area contributed by atoms with E-state index < -0.39 is 6.17 Å². The van der Waals surface area contributed by atoms with Crippen LogP contribution < -0.4 is 0 Å². The molecule has 0 saturated carbocycles. The minimum absolute atomic E-state index is 0.245. The fourth-order valence-corrected chi connectivity index (χ4v) is 1.96. The zero-order valence-electron chi connectivity index (χ0n) is 8.15. The van der Waals surface area contributed by atoms with E-state index in [0.29, 0.717) is 0 Å². The van der Waals surface area contributed by atoms with E-state index in [1.54, 1.807) is 0 Å². The summed E-state index contributed by atoms with van der Waals surface area (Å²) in [6.07, 6.45) is 5.72. The molecule has 0 unspecified atom stereocenters. The van der Waals surface area contributed by atoms with Gasteiger partial charge in [-0.05, 0) is 12.8 Å². The molecule has 74 valence electrons. The Morgan fingerprint density at radius 3 is 2.08 bits per heavy atom. The molecule has 0 N–H and O–H groups in total. The zero-order chi connectivity index (χ0) is 9.40. The summed E-state index contributed by atoms with van der Waals surface area (Å²) in [7, 11) is 0. The van der Waals surface area contributed by atoms with Crippen molar-refractivity contribution < 1.29 is 4.39 Å². The Bertz CT molecular complexity index is 83.8. The van der Waals surface area contributed by atoms with Gasteiger partial charge in [0.25, 0.3) is 0 Å². The third-order valence-electron chi connectivity index (χ3n) is 2.06. The fourth-order valence-electron chi connectivity index (χ4n) is 1.16. The van der Waals surface area contributed by atoms with Crippen LogP contribution in [-0.4, -0.2) is 10.1 Å². The summed E-state index contributed by atoms with van der Waals surface area (Å²) in [5.74, 6) is 0. The van der Waals surface area contributed by atoms with E-state index in [9.17, 15) is 4.39 Å². The minimum atomic E-state index is -0.572. The Balaban J connectivity index is 3.39. The molecule has 0 bridgehead atoms. The molecule has 0 aliphatic rings. The number of unbranched alkanes of at least 4 members (excludes halogenated alkanes) is 2. The van der Waals surface area contributed by atoms with Gasteiger partial charge < -0.3 is 0 Å². The van der Waals surface area contributed by atoms with Gasteiger partial charge in [0.15, 0.2) is 0 Å². The van der Waals surface area contributed by atoms with Crippen molar-refractivity contribution in [1.82, 2.24) is 0 Å². The first-order valence-electron chi connectivity index (χ1n) is 5.00. The highest BCUT2D eigenvalue weighted by molar-refractivity contribution is 14.1. The normalized spacial score (nSPS) is 16.0.